The minimum atomic E-state index is -4.60. The van der Waals surface area contributed by atoms with Crippen LogP contribution in [0.25, 0.3) is 0 Å². The van der Waals surface area contributed by atoms with Crippen LogP contribution in [0.4, 0.5) is 0 Å². The third kappa shape index (κ3) is 54.7. The number of aliphatic hydroxyl groups is 1. The first-order valence-corrected chi connectivity index (χ1v) is 32.2. The molecule has 3 atom stereocenters. The van der Waals surface area contributed by atoms with E-state index in [1.165, 1.54) is 250 Å². The topological polar surface area (TPSA) is 108 Å². The number of phosphoric acid groups is 1. The van der Waals surface area contributed by atoms with Crippen LogP contribution in [0.1, 0.15) is 309 Å². The van der Waals surface area contributed by atoms with Crippen LogP contribution in [0, 0.1) is 0 Å². The van der Waals surface area contributed by atoms with Crippen molar-refractivity contribution in [2.24, 2.45) is 0 Å². The van der Waals surface area contributed by atoms with Gasteiger partial charge < -0.3 is 28.8 Å². The van der Waals surface area contributed by atoms with Gasteiger partial charge in [-0.1, -0.05) is 282 Å². The number of aliphatic hydroxyl groups excluding tert-OH is 1. The molecule has 3 unspecified atom stereocenters. The zero-order chi connectivity index (χ0) is 51.3. The lowest BCUT2D eigenvalue weighted by Crippen LogP contribution is -2.45. The maximum atomic E-state index is 13.0. The highest BCUT2D eigenvalue weighted by molar-refractivity contribution is 7.45. The number of carbonyl (C=O) groups is 1. The Morgan fingerprint density at radius 2 is 0.786 bits per heavy atom. The van der Waals surface area contributed by atoms with Crippen molar-refractivity contribution in [1.29, 1.82) is 0 Å². The number of nitrogens with zero attached hydrogens (tertiary/aromatic N) is 1. The van der Waals surface area contributed by atoms with Crippen molar-refractivity contribution in [1.82, 2.24) is 5.32 Å². The van der Waals surface area contributed by atoms with E-state index in [1.54, 1.807) is 6.08 Å². The number of hydrogen-bond acceptors (Lipinski definition) is 6. The Labute approximate surface area is 436 Å². The summed E-state index contributed by atoms with van der Waals surface area (Å²) in [6.45, 7) is 4.70. The van der Waals surface area contributed by atoms with Crippen LogP contribution in [-0.2, 0) is 18.4 Å². The molecule has 0 aliphatic carbocycles. The van der Waals surface area contributed by atoms with Crippen LogP contribution >= 0.6 is 7.82 Å². The summed E-state index contributed by atoms with van der Waals surface area (Å²) in [6.07, 6.45) is 66.9. The molecule has 8 nitrogen and oxygen atoms in total. The molecule has 70 heavy (non-hydrogen) atoms. The SMILES string of the molecule is CCCCCCCCCC/C=C\CCCCCCCCCCCCCCCC(=O)NC(COP(=O)([O-])OCC[N+](C)(C)C)C(O)/C=C/CCCCCCCCCCCCCCCCCCCCCCC. The van der Waals surface area contributed by atoms with E-state index in [-0.39, 0.29) is 19.1 Å². The van der Waals surface area contributed by atoms with Gasteiger partial charge in [0.25, 0.3) is 7.82 Å². The van der Waals surface area contributed by atoms with Crippen molar-refractivity contribution in [2.45, 2.75) is 321 Å². The van der Waals surface area contributed by atoms with Crippen LogP contribution in [0.2, 0.25) is 0 Å². The highest BCUT2D eigenvalue weighted by atomic mass is 31.2. The molecule has 1 amide bonds. The lowest BCUT2D eigenvalue weighted by molar-refractivity contribution is -0.870. The average Bonchev–Trinajstić information content (AvgIpc) is 3.32. The van der Waals surface area contributed by atoms with Gasteiger partial charge in [0.05, 0.1) is 39.9 Å². The third-order valence-electron chi connectivity index (χ3n) is 14.2. The number of allylic oxidation sites excluding steroid dienone is 3. The monoisotopic (exact) mass is 1010 g/mol. The fraction of sp³-hybridized carbons (Fsp3) is 0.918. The molecule has 2 N–H and O–H groups in total. The first kappa shape index (κ1) is 69.0. The molecule has 0 heterocycles. The summed E-state index contributed by atoms with van der Waals surface area (Å²) in [4.78, 5) is 25.5. The van der Waals surface area contributed by atoms with Crippen molar-refractivity contribution >= 4 is 13.7 Å². The molecule has 0 fully saturated rings. The third-order valence-corrected chi connectivity index (χ3v) is 15.1. The number of nitrogens with one attached hydrogen (secondary N) is 1. The Balaban J connectivity index is 4.15. The predicted molar refractivity (Wildman–Crippen MR) is 302 cm³/mol. The van der Waals surface area contributed by atoms with E-state index in [0.717, 1.165) is 38.5 Å². The Kier molecular flexibility index (Phi) is 52.1. The number of unbranched alkanes of at least 4 members (excludes halogenated alkanes) is 42. The summed E-state index contributed by atoms with van der Waals surface area (Å²) in [5.41, 5.74) is 0. The number of hydrogen-bond donors (Lipinski definition) is 2. The van der Waals surface area contributed by atoms with Crippen LogP contribution in [0.3, 0.4) is 0 Å². The number of amides is 1. The van der Waals surface area contributed by atoms with Gasteiger partial charge in [-0.2, -0.15) is 0 Å². The number of rotatable bonds is 57. The first-order valence-electron chi connectivity index (χ1n) is 30.7. The summed E-state index contributed by atoms with van der Waals surface area (Å²) in [6, 6.07) is -0.885. The lowest BCUT2D eigenvalue weighted by atomic mass is 10.0. The zero-order valence-corrected chi connectivity index (χ0v) is 48.4. The normalized spacial score (nSPS) is 14.0. The Morgan fingerprint density at radius 1 is 0.486 bits per heavy atom. The second-order valence-corrected chi connectivity index (χ2v) is 23.8. The molecule has 0 bridgehead atoms. The molecular weight excluding hydrogens is 888 g/mol. The second-order valence-electron chi connectivity index (χ2n) is 22.4. The average molecular weight is 1010 g/mol. The molecule has 0 spiro atoms. The fourth-order valence-corrected chi connectivity index (χ4v) is 10.1. The van der Waals surface area contributed by atoms with Gasteiger partial charge >= 0.3 is 0 Å². The van der Waals surface area contributed by atoms with Crippen LogP contribution in [0.15, 0.2) is 24.3 Å². The summed E-state index contributed by atoms with van der Waals surface area (Å²) in [5.74, 6) is -0.192. The van der Waals surface area contributed by atoms with E-state index >= 15 is 0 Å². The van der Waals surface area contributed by atoms with E-state index in [1.807, 2.05) is 27.2 Å². The smallest absolute Gasteiger partial charge is 0.268 e. The van der Waals surface area contributed by atoms with Crippen LogP contribution in [0.5, 0.6) is 0 Å². The first-order chi connectivity index (χ1) is 34.0. The Hall–Kier alpha value is -1.02. The van der Waals surface area contributed by atoms with E-state index in [9.17, 15) is 19.4 Å². The van der Waals surface area contributed by atoms with E-state index in [0.29, 0.717) is 17.4 Å². The highest BCUT2D eigenvalue weighted by Gasteiger charge is 2.23. The van der Waals surface area contributed by atoms with Gasteiger partial charge in [0, 0.05) is 6.42 Å². The standard InChI is InChI=1S/C61H121N2O6P/c1-6-8-10-12-14-16-18-20-22-24-26-28-30-31-33-35-37-39-41-43-45-47-49-51-53-55-61(65)62-59(58-69-70(66,67)68-57-56-63(3,4)5)60(64)54-52-50-48-46-44-42-40-38-36-34-32-29-27-25-23-21-19-17-15-13-11-9-7-2/h24,26,52,54,59-60,64H,6-23,25,27-51,53,55-58H2,1-5H3,(H-,62,65,66,67)/b26-24-,54-52+. The van der Waals surface area contributed by atoms with Gasteiger partial charge in [0.15, 0.2) is 0 Å². The van der Waals surface area contributed by atoms with Crippen molar-refractivity contribution in [3.05, 3.63) is 24.3 Å². The number of phosphoric ester groups is 1. The van der Waals surface area contributed by atoms with Gasteiger partial charge in [-0.05, 0) is 44.9 Å². The Morgan fingerprint density at radius 3 is 1.11 bits per heavy atom. The number of likely N-dealkylation sites (N-methyl/N-ethyl adjacent to an activating group) is 1. The molecule has 0 saturated carbocycles. The van der Waals surface area contributed by atoms with E-state index in [4.69, 9.17) is 9.05 Å². The highest BCUT2D eigenvalue weighted by Crippen LogP contribution is 2.38. The zero-order valence-electron chi connectivity index (χ0n) is 47.5. The van der Waals surface area contributed by atoms with Crippen molar-refractivity contribution in [2.75, 3.05) is 40.9 Å². The molecule has 416 valence electrons. The molecule has 0 aliphatic heterocycles. The van der Waals surface area contributed by atoms with Crippen molar-refractivity contribution in [3.63, 3.8) is 0 Å². The van der Waals surface area contributed by atoms with Crippen LogP contribution in [-0.4, -0.2) is 68.5 Å². The summed E-state index contributed by atoms with van der Waals surface area (Å²) >= 11 is 0. The Bertz CT molecular complexity index is 1190. The second kappa shape index (κ2) is 52.8. The lowest BCUT2D eigenvalue weighted by Gasteiger charge is -2.29. The van der Waals surface area contributed by atoms with Gasteiger partial charge in [-0.15, -0.1) is 0 Å². The van der Waals surface area contributed by atoms with Crippen molar-refractivity contribution in [3.8, 4) is 0 Å². The number of carbonyl (C=O) groups excluding carboxylic acids is 1. The number of quaternary nitrogens is 1. The predicted octanol–water partition coefficient (Wildman–Crippen LogP) is 18.1. The molecule has 9 heteroatoms. The molecule has 0 aromatic heterocycles. The van der Waals surface area contributed by atoms with Crippen molar-refractivity contribution < 1.29 is 32.9 Å². The fourth-order valence-electron chi connectivity index (χ4n) is 9.33. The van der Waals surface area contributed by atoms with E-state index in [2.05, 4.69) is 31.3 Å². The maximum absolute atomic E-state index is 13.0. The van der Waals surface area contributed by atoms with Gasteiger partial charge in [0.1, 0.15) is 13.2 Å². The minimum absolute atomic E-state index is 0.00117. The van der Waals surface area contributed by atoms with Crippen LogP contribution < -0.4 is 10.2 Å². The molecule has 0 aromatic rings. The molecule has 0 radical (unpaired) electrons. The minimum Gasteiger partial charge on any atom is -0.756 e. The van der Waals surface area contributed by atoms with E-state index < -0.39 is 20.0 Å². The summed E-state index contributed by atoms with van der Waals surface area (Å²) in [7, 11) is 1.28. The summed E-state index contributed by atoms with van der Waals surface area (Å²) in [5, 5.41) is 13.9. The largest absolute Gasteiger partial charge is 0.756 e. The van der Waals surface area contributed by atoms with Gasteiger partial charge in [0.2, 0.25) is 5.91 Å². The molecule has 0 rings (SSSR count). The molecule has 0 aromatic carbocycles. The quantitative estimate of drug-likeness (QED) is 0.0272. The molecule has 0 saturated heterocycles. The van der Waals surface area contributed by atoms with Gasteiger partial charge in [-0.25, -0.2) is 0 Å². The summed E-state index contributed by atoms with van der Waals surface area (Å²) < 4.78 is 23.4. The van der Waals surface area contributed by atoms with Gasteiger partial charge in [-0.3, -0.25) is 9.36 Å². The molecule has 0 aliphatic rings. The molecular formula is C61H121N2O6P. The maximum Gasteiger partial charge on any atom is 0.268 e.